The third kappa shape index (κ3) is 4.73. The zero-order valence-corrected chi connectivity index (χ0v) is 12.3. The van der Waals surface area contributed by atoms with Crippen molar-refractivity contribution in [1.82, 2.24) is 0 Å². The summed E-state index contributed by atoms with van der Waals surface area (Å²) in [7, 11) is 0. The van der Waals surface area contributed by atoms with E-state index in [9.17, 15) is 9.90 Å². The maximum Gasteiger partial charge on any atom is 0.236 e. The molecule has 0 saturated heterocycles. The lowest BCUT2D eigenvalue weighted by Crippen LogP contribution is -2.36. The molecule has 1 rings (SSSR count). The van der Waals surface area contributed by atoms with Gasteiger partial charge in [-0.15, -0.1) is 0 Å². The molecular weight excluding hydrogens is 264 g/mol. The molecule has 0 aromatic heterocycles. The third-order valence-electron chi connectivity index (χ3n) is 2.73. The van der Waals surface area contributed by atoms with Gasteiger partial charge in [0.05, 0.1) is 12.6 Å². The normalized spacial score (nSPS) is 12.5. The Morgan fingerprint density at radius 2 is 2.05 bits per heavy atom. The Hall–Kier alpha value is -1.26. The van der Waals surface area contributed by atoms with E-state index in [1.807, 2.05) is 11.0 Å². The van der Waals surface area contributed by atoms with Crippen molar-refractivity contribution in [1.29, 1.82) is 0 Å². The van der Waals surface area contributed by atoms with Crippen LogP contribution >= 0.6 is 11.6 Å². The molecule has 0 saturated carbocycles. The van der Waals surface area contributed by atoms with Crippen molar-refractivity contribution in [2.24, 2.45) is 11.7 Å². The van der Waals surface area contributed by atoms with Gasteiger partial charge < -0.3 is 15.7 Å². The van der Waals surface area contributed by atoms with Crippen molar-refractivity contribution in [3.63, 3.8) is 0 Å². The monoisotopic (exact) mass is 284 g/mol. The topological polar surface area (TPSA) is 66.6 Å². The lowest BCUT2D eigenvalue weighted by atomic mass is 10.1. The Kier molecular flexibility index (Phi) is 5.63. The highest BCUT2D eigenvalue weighted by atomic mass is 35.5. The van der Waals surface area contributed by atoms with Crippen LogP contribution in [0.5, 0.6) is 0 Å². The standard InChI is InChI=1S/C14H21ClN2O2/c1-9(2)7-17(8-14(16)19)11-4-5-12(10(3)18)13(15)6-11/h4-6,9-10,18H,7-8H2,1-3H3,(H2,16,19). The number of carbonyl (C=O) groups excluding carboxylic acids is 1. The van der Waals surface area contributed by atoms with Crippen LogP contribution in [0.3, 0.4) is 0 Å². The molecule has 5 heteroatoms. The van der Waals surface area contributed by atoms with E-state index < -0.39 is 6.10 Å². The molecule has 106 valence electrons. The second kappa shape index (κ2) is 6.78. The fraction of sp³-hybridized carbons (Fsp3) is 0.500. The average molecular weight is 285 g/mol. The number of nitrogens with zero attached hydrogens (tertiary/aromatic N) is 1. The third-order valence-corrected chi connectivity index (χ3v) is 3.06. The van der Waals surface area contributed by atoms with E-state index in [-0.39, 0.29) is 12.5 Å². The minimum absolute atomic E-state index is 0.155. The zero-order valence-electron chi connectivity index (χ0n) is 11.6. The summed E-state index contributed by atoms with van der Waals surface area (Å²) in [6.45, 7) is 6.67. The van der Waals surface area contributed by atoms with Crippen LogP contribution in [0.15, 0.2) is 18.2 Å². The van der Waals surface area contributed by atoms with E-state index >= 15 is 0 Å². The molecule has 0 bridgehead atoms. The summed E-state index contributed by atoms with van der Waals surface area (Å²) in [6, 6.07) is 5.38. The molecule has 0 aliphatic carbocycles. The molecular formula is C14H21ClN2O2. The number of hydrogen-bond acceptors (Lipinski definition) is 3. The number of halogens is 1. The maximum absolute atomic E-state index is 11.1. The second-order valence-electron chi connectivity index (χ2n) is 5.12. The number of anilines is 1. The number of rotatable bonds is 6. The largest absolute Gasteiger partial charge is 0.389 e. The average Bonchev–Trinajstić information content (AvgIpc) is 2.26. The summed E-state index contributed by atoms with van der Waals surface area (Å²) >= 11 is 6.14. The highest BCUT2D eigenvalue weighted by Gasteiger charge is 2.14. The minimum Gasteiger partial charge on any atom is -0.389 e. The smallest absolute Gasteiger partial charge is 0.236 e. The Morgan fingerprint density at radius 3 is 2.47 bits per heavy atom. The van der Waals surface area contributed by atoms with E-state index in [1.165, 1.54) is 0 Å². The van der Waals surface area contributed by atoms with Crippen LogP contribution in [0.2, 0.25) is 5.02 Å². The first-order valence-corrected chi connectivity index (χ1v) is 6.69. The Balaban J connectivity index is 3.02. The second-order valence-corrected chi connectivity index (χ2v) is 5.53. The van der Waals surface area contributed by atoms with Gasteiger partial charge in [0.1, 0.15) is 0 Å². The van der Waals surface area contributed by atoms with Gasteiger partial charge in [-0.05, 0) is 30.5 Å². The van der Waals surface area contributed by atoms with Crippen LogP contribution in [0.4, 0.5) is 5.69 Å². The number of benzene rings is 1. The van der Waals surface area contributed by atoms with E-state index in [1.54, 1.807) is 19.1 Å². The van der Waals surface area contributed by atoms with Gasteiger partial charge in [-0.3, -0.25) is 4.79 Å². The predicted octanol–water partition coefficient (Wildman–Crippen LogP) is 2.34. The predicted molar refractivity (Wildman–Crippen MR) is 78.3 cm³/mol. The van der Waals surface area contributed by atoms with Gasteiger partial charge >= 0.3 is 0 Å². The summed E-state index contributed by atoms with van der Waals surface area (Å²) < 4.78 is 0. The van der Waals surface area contributed by atoms with Crippen molar-refractivity contribution < 1.29 is 9.90 Å². The van der Waals surface area contributed by atoms with Gasteiger partial charge in [-0.2, -0.15) is 0 Å². The number of primary amides is 1. The molecule has 3 N–H and O–H groups in total. The van der Waals surface area contributed by atoms with Crippen molar-refractivity contribution in [3.05, 3.63) is 28.8 Å². The molecule has 0 heterocycles. The molecule has 0 aliphatic rings. The number of aliphatic hydroxyl groups is 1. The molecule has 0 aliphatic heterocycles. The quantitative estimate of drug-likeness (QED) is 0.843. The summed E-state index contributed by atoms with van der Waals surface area (Å²) in [4.78, 5) is 13.0. The molecule has 1 aromatic rings. The van der Waals surface area contributed by atoms with Gasteiger partial charge in [0, 0.05) is 17.3 Å². The van der Waals surface area contributed by atoms with Gasteiger partial charge in [0.25, 0.3) is 0 Å². The van der Waals surface area contributed by atoms with Gasteiger partial charge in [-0.1, -0.05) is 31.5 Å². The maximum atomic E-state index is 11.1. The van der Waals surface area contributed by atoms with Gasteiger partial charge in [-0.25, -0.2) is 0 Å². The number of hydrogen-bond donors (Lipinski definition) is 2. The number of amides is 1. The van der Waals surface area contributed by atoms with E-state index in [4.69, 9.17) is 17.3 Å². The first-order chi connectivity index (χ1) is 8.81. The van der Waals surface area contributed by atoms with Gasteiger partial charge in [0.15, 0.2) is 0 Å². The zero-order chi connectivity index (χ0) is 14.6. The number of carbonyl (C=O) groups is 1. The van der Waals surface area contributed by atoms with Gasteiger partial charge in [0.2, 0.25) is 5.91 Å². The molecule has 0 radical (unpaired) electrons. The van der Waals surface area contributed by atoms with Crippen LogP contribution in [-0.4, -0.2) is 24.1 Å². The highest BCUT2D eigenvalue weighted by molar-refractivity contribution is 6.31. The minimum atomic E-state index is -0.615. The Labute approximate surface area is 119 Å². The Bertz CT molecular complexity index is 447. The summed E-state index contributed by atoms with van der Waals surface area (Å²) in [5.74, 6) is 0.0194. The van der Waals surface area contributed by atoms with E-state index in [0.717, 1.165) is 5.69 Å². The van der Waals surface area contributed by atoms with Crippen LogP contribution in [0, 0.1) is 5.92 Å². The summed E-state index contributed by atoms with van der Waals surface area (Å²) in [6.07, 6.45) is -0.615. The fourth-order valence-electron chi connectivity index (χ4n) is 1.94. The molecule has 1 atom stereocenters. The molecule has 1 unspecified atom stereocenters. The van der Waals surface area contributed by atoms with Crippen molar-refractivity contribution in [2.75, 3.05) is 18.0 Å². The molecule has 1 amide bonds. The SMILES string of the molecule is CC(C)CN(CC(N)=O)c1ccc(C(C)O)c(Cl)c1. The van der Waals surface area contributed by atoms with E-state index in [2.05, 4.69) is 13.8 Å². The summed E-state index contributed by atoms with van der Waals surface area (Å²) in [5.41, 5.74) is 6.78. The highest BCUT2D eigenvalue weighted by Crippen LogP contribution is 2.28. The van der Waals surface area contributed by atoms with Crippen LogP contribution in [-0.2, 0) is 4.79 Å². The number of aliphatic hydroxyl groups excluding tert-OH is 1. The first-order valence-electron chi connectivity index (χ1n) is 6.32. The molecule has 1 aromatic carbocycles. The molecule has 0 fully saturated rings. The van der Waals surface area contributed by atoms with Crippen LogP contribution in [0.1, 0.15) is 32.4 Å². The summed E-state index contributed by atoms with van der Waals surface area (Å²) in [5, 5.41) is 10.0. The van der Waals surface area contributed by atoms with Crippen molar-refractivity contribution in [3.8, 4) is 0 Å². The van der Waals surface area contributed by atoms with Crippen molar-refractivity contribution in [2.45, 2.75) is 26.9 Å². The Morgan fingerprint density at radius 1 is 1.42 bits per heavy atom. The molecule has 0 spiro atoms. The van der Waals surface area contributed by atoms with Crippen LogP contribution < -0.4 is 10.6 Å². The van der Waals surface area contributed by atoms with Crippen molar-refractivity contribution >= 4 is 23.2 Å². The number of nitrogens with two attached hydrogens (primary N) is 1. The lowest BCUT2D eigenvalue weighted by molar-refractivity contribution is -0.116. The first kappa shape index (κ1) is 15.8. The van der Waals surface area contributed by atoms with E-state index in [0.29, 0.717) is 23.0 Å². The fourth-order valence-corrected chi connectivity index (χ4v) is 2.27. The lowest BCUT2D eigenvalue weighted by Gasteiger charge is -2.26. The van der Waals surface area contributed by atoms with Crippen LogP contribution in [0.25, 0.3) is 0 Å². The molecule has 4 nitrogen and oxygen atoms in total. The molecule has 19 heavy (non-hydrogen) atoms.